The topological polar surface area (TPSA) is 27.7 Å². The molecule has 0 amide bonds. The zero-order chi connectivity index (χ0) is 14.0. The van der Waals surface area contributed by atoms with Gasteiger partial charge in [0, 0.05) is 25.3 Å². The van der Waals surface area contributed by atoms with Gasteiger partial charge in [-0.2, -0.15) is 0 Å². The Hall–Kier alpha value is -1.84. The molecule has 0 bridgehead atoms. The molecule has 2 aromatic carbocycles. The fourth-order valence-corrected chi connectivity index (χ4v) is 3.01. The number of para-hydroxylation sites is 2. The van der Waals surface area contributed by atoms with E-state index in [9.17, 15) is 0 Å². The van der Waals surface area contributed by atoms with E-state index in [-0.39, 0.29) is 5.41 Å². The maximum Gasteiger partial charge on any atom is 0.131 e. The van der Waals surface area contributed by atoms with Crippen LogP contribution in [0.2, 0.25) is 0 Å². The van der Waals surface area contributed by atoms with Crippen molar-refractivity contribution in [3.05, 3.63) is 59.7 Å². The van der Waals surface area contributed by atoms with Gasteiger partial charge in [-0.15, -0.1) is 0 Å². The highest BCUT2D eigenvalue weighted by atomic mass is 16.5. The minimum Gasteiger partial charge on any atom is -0.457 e. The number of fused-ring (bicyclic) bond motifs is 2. The first-order valence-corrected chi connectivity index (χ1v) is 6.66. The normalized spacial score (nSPS) is 15.1. The lowest BCUT2D eigenvalue weighted by Gasteiger charge is -2.39. The molecule has 0 aliphatic carbocycles. The number of ether oxygens (including phenoxy) is 3. The van der Waals surface area contributed by atoms with Crippen molar-refractivity contribution in [2.75, 3.05) is 27.4 Å². The van der Waals surface area contributed by atoms with Crippen molar-refractivity contribution in [1.82, 2.24) is 0 Å². The van der Waals surface area contributed by atoms with E-state index in [2.05, 4.69) is 12.1 Å². The van der Waals surface area contributed by atoms with Crippen LogP contribution in [0.1, 0.15) is 11.1 Å². The van der Waals surface area contributed by atoms with Crippen molar-refractivity contribution >= 4 is 0 Å². The van der Waals surface area contributed by atoms with Crippen molar-refractivity contribution in [2.45, 2.75) is 5.41 Å². The Labute approximate surface area is 119 Å². The Bertz CT molecular complexity index is 553. The molecular formula is C17H18O3. The van der Waals surface area contributed by atoms with Gasteiger partial charge < -0.3 is 14.2 Å². The standard InChI is InChI=1S/C17H18O3/c1-18-11-17(12-19-2)13-7-3-5-9-15(13)20-16-10-6-4-8-14(16)17/h3-10H,11-12H2,1-2H3. The van der Waals surface area contributed by atoms with E-state index in [1.165, 1.54) is 0 Å². The highest BCUT2D eigenvalue weighted by Gasteiger charge is 2.42. The largest absolute Gasteiger partial charge is 0.457 e. The molecular weight excluding hydrogens is 252 g/mol. The quantitative estimate of drug-likeness (QED) is 0.852. The van der Waals surface area contributed by atoms with Gasteiger partial charge >= 0.3 is 0 Å². The van der Waals surface area contributed by atoms with Crippen molar-refractivity contribution in [1.29, 1.82) is 0 Å². The summed E-state index contributed by atoms with van der Waals surface area (Å²) in [5.74, 6) is 1.75. The average Bonchev–Trinajstić information content (AvgIpc) is 2.48. The average molecular weight is 270 g/mol. The minimum atomic E-state index is -0.324. The predicted octanol–water partition coefficient (Wildman–Crippen LogP) is 3.37. The molecule has 3 nitrogen and oxygen atoms in total. The highest BCUT2D eigenvalue weighted by Crippen LogP contribution is 2.48. The highest BCUT2D eigenvalue weighted by molar-refractivity contribution is 5.57. The summed E-state index contributed by atoms with van der Waals surface area (Å²) in [7, 11) is 3.44. The molecule has 2 aromatic rings. The lowest BCUT2D eigenvalue weighted by Crippen LogP contribution is -2.40. The maximum atomic E-state index is 6.01. The summed E-state index contributed by atoms with van der Waals surface area (Å²) in [6.07, 6.45) is 0. The lowest BCUT2D eigenvalue weighted by atomic mass is 9.73. The molecule has 0 aromatic heterocycles. The van der Waals surface area contributed by atoms with Gasteiger partial charge in [-0.25, -0.2) is 0 Å². The van der Waals surface area contributed by atoms with Crippen LogP contribution in [0, 0.1) is 0 Å². The van der Waals surface area contributed by atoms with Gasteiger partial charge in [0.25, 0.3) is 0 Å². The monoisotopic (exact) mass is 270 g/mol. The van der Waals surface area contributed by atoms with Gasteiger partial charge in [0.15, 0.2) is 0 Å². The van der Waals surface area contributed by atoms with E-state index >= 15 is 0 Å². The summed E-state index contributed by atoms with van der Waals surface area (Å²) in [4.78, 5) is 0. The van der Waals surface area contributed by atoms with Crippen LogP contribution in [0.25, 0.3) is 0 Å². The van der Waals surface area contributed by atoms with Gasteiger partial charge in [-0.3, -0.25) is 0 Å². The Morgan fingerprint density at radius 2 is 1.25 bits per heavy atom. The first-order valence-electron chi connectivity index (χ1n) is 6.66. The van der Waals surface area contributed by atoms with Crippen LogP contribution in [0.4, 0.5) is 0 Å². The van der Waals surface area contributed by atoms with Crippen LogP contribution in [0.3, 0.4) is 0 Å². The summed E-state index contributed by atoms with van der Waals surface area (Å²) < 4.78 is 17.0. The molecule has 0 atom stereocenters. The SMILES string of the molecule is COCC1(COC)c2ccccc2Oc2ccccc21. The molecule has 20 heavy (non-hydrogen) atoms. The summed E-state index contributed by atoms with van der Waals surface area (Å²) in [6, 6.07) is 16.2. The van der Waals surface area contributed by atoms with E-state index in [1.807, 2.05) is 36.4 Å². The molecule has 0 unspecified atom stereocenters. The molecule has 0 spiro atoms. The second-order valence-corrected chi connectivity index (χ2v) is 5.04. The van der Waals surface area contributed by atoms with Gasteiger partial charge in [-0.05, 0) is 12.1 Å². The van der Waals surface area contributed by atoms with E-state index in [0.717, 1.165) is 22.6 Å². The van der Waals surface area contributed by atoms with E-state index in [1.54, 1.807) is 14.2 Å². The molecule has 0 saturated heterocycles. The third-order valence-corrected chi connectivity index (χ3v) is 3.81. The Morgan fingerprint density at radius 1 is 0.800 bits per heavy atom. The molecule has 1 aliphatic rings. The lowest BCUT2D eigenvalue weighted by molar-refractivity contribution is 0.0743. The molecule has 0 N–H and O–H groups in total. The van der Waals surface area contributed by atoms with Crippen LogP contribution in [0.15, 0.2) is 48.5 Å². The van der Waals surface area contributed by atoms with Crippen LogP contribution in [-0.4, -0.2) is 27.4 Å². The van der Waals surface area contributed by atoms with Gasteiger partial charge in [0.1, 0.15) is 11.5 Å². The van der Waals surface area contributed by atoms with Crippen molar-refractivity contribution in [3.8, 4) is 11.5 Å². The van der Waals surface area contributed by atoms with Crippen molar-refractivity contribution in [2.24, 2.45) is 0 Å². The van der Waals surface area contributed by atoms with Gasteiger partial charge in [0.2, 0.25) is 0 Å². The summed E-state index contributed by atoms with van der Waals surface area (Å²) in [5.41, 5.74) is 1.90. The first kappa shape index (κ1) is 13.2. The molecule has 0 radical (unpaired) electrons. The number of rotatable bonds is 4. The zero-order valence-electron chi connectivity index (χ0n) is 11.8. The number of hydrogen-bond donors (Lipinski definition) is 0. The fourth-order valence-electron chi connectivity index (χ4n) is 3.01. The minimum absolute atomic E-state index is 0.324. The second-order valence-electron chi connectivity index (χ2n) is 5.04. The number of benzene rings is 2. The molecule has 1 heterocycles. The second kappa shape index (κ2) is 5.27. The first-order chi connectivity index (χ1) is 9.81. The van der Waals surface area contributed by atoms with Gasteiger partial charge in [-0.1, -0.05) is 36.4 Å². The summed E-state index contributed by atoms with van der Waals surface area (Å²) in [6.45, 7) is 1.11. The summed E-state index contributed by atoms with van der Waals surface area (Å²) in [5, 5.41) is 0. The molecule has 0 saturated carbocycles. The van der Waals surface area contributed by atoms with Crippen molar-refractivity contribution in [3.63, 3.8) is 0 Å². The summed E-state index contributed by atoms with van der Waals surface area (Å²) >= 11 is 0. The van der Waals surface area contributed by atoms with E-state index in [0.29, 0.717) is 13.2 Å². The van der Waals surface area contributed by atoms with E-state index in [4.69, 9.17) is 14.2 Å². The van der Waals surface area contributed by atoms with Crippen molar-refractivity contribution < 1.29 is 14.2 Å². The third-order valence-electron chi connectivity index (χ3n) is 3.81. The van der Waals surface area contributed by atoms with Crippen LogP contribution in [-0.2, 0) is 14.9 Å². The van der Waals surface area contributed by atoms with Gasteiger partial charge in [0.05, 0.1) is 18.6 Å². The van der Waals surface area contributed by atoms with Crippen LogP contribution in [0.5, 0.6) is 11.5 Å². The van der Waals surface area contributed by atoms with E-state index < -0.39 is 0 Å². The Morgan fingerprint density at radius 3 is 1.70 bits per heavy atom. The maximum absolute atomic E-state index is 6.01. The zero-order valence-corrected chi connectivity index (χ0v) is 11.8. The molecule has 3 heteroatoms. The molecule has 0 fully saturated rings. The smallest absolute Gasteiger partial charge is 0.131 e. The van der Waals surface area contributed by atoms with Crippen LogP contribution < -0.4 is 4.74 Å². The Balaban J connectivity index is 2.25. The molecule has 1 aliphatic heterocycles. The Kier molecular flexibility index (Phi) is 3.47. The number of methoxy groups -OCH3 is 2. The predicted molar refractivity (Wildman–Crippen MR) is 77.5 cm³/mol. The fraction of sp³-hybridized carbons (Fsp3) is 0.294. The van der Waals surface area contributed by atoms with Crippen LogP contribution >= 0.6 is 0 Å². The third kappa shape index (κ3) is 1.90. The molecule has 104 valence electrons. The number of hydrogen-bond acceptors (Lipinski definition) is 3. The molecule has 3 rings (SSSR count).